The summed E-state index contributed by atoms with van der Waals surface area (Å²) >= 11 is 3.38. The maximum Gasteiger partial charge on any atom is 0.262 e. The molecule has 0 saturated carbocycles. The summed E-state index contributed by atoms with van der Waals surface area (Å²) in [4.78, 5) is 24.9. The van der Waals surface area contributed by atoms with Crippen molar-refractivity contribution >= 4 is 34.0 Å². The van der Waals surface area contributed by atoms with Crippen LogP contribution in [0.4, 0.5) is 0 Å². The van der Waals surface area contributed by atoms with Crippen molar-refractivity contribution in [2.75, 3.05) is 6.61 Å². The first-order chi connectivity index (χ1) is 13.9. The Labute approximate surface area is 178 Å². The van der Waals surface area contributed by atoms with E-state index in [1.54, 1.807) is 36.4 Å². The monoisotopic (exact) mass is 455 g/mol. The molecule has 2 rings (SSSR count). The van der Waals surface area contributed by atoms with Crippen LogP contribution in [-0.4, -0.2) is 30.7 Å². The molecule has 150 valence electrons. The van der Waals surface area contributed by atoms with Crippen LogP contribution in [0.25, 0.3) is 0 Å². The summed E-state index contributed by atoms with van der Waals surface area (Å²) in [6.45, 7) is 3.81. The fraction of sp³-hybridized carbons (Fsp3) is 0.227. The minimum Gasteiger partial charge on any atom is -0.480 e. The highest BCUT2D eigenvalue weighted by Gasteiger charge is 2.24. The Bertz CT molecular complexity index is 921. The van der Waals surface area contributed by atoms with E-state index in [1.165, 1.54) is 6.21 Å². The molecule has 0 spiro atoms. The molecule has 1 atom stereocenters. The first-order valence-electron chi connectivity index (χ1n) is 8.97. The van der Waals surface area contributed by atoms with Crippen LogP contribution < -0.4 is 15.5 Å². The van der Waals surface area contributed by atoms with E-state index < -0.39 is 11.9 Å². The number of nitrogens with one attached hydrogen (secondary N) is 2. The standard InChI is InChI=1S/C22H22BrN3O3/c1-4-12-29-19-11-10-18(23)13-17(19)14-24-26-22(28)20(15(2)3)25-21(27)16-8-6-5-7-9-16/h1,5-11,13-15,20H,12H2,2-3H3,(H,25,27)(H,26,28). The molecule has 0 fully saturated rings. The van der Waals surface area contributed by atoms with Crippen LogP contribution in [0.1, 0.15) is 29.8 Å². The zero-order valence-corrected chi connectivity index (χ0v) is 17.8. The van der Waals surface area contributed by atoms with Gasteiger partial charge in [-0.3, -0.25) is 9.59 Å². The average molecular weight is 456 g/mol. The molecular formula is C22H22BrN3O3. The molecule has 0 aliphatic heterocycles. The largest absolute Gasteiger partial charge is 0.480 e. The van der Waals surface area contributed by atoms with Gasteiger partial charge >= 0.3 is 0 Å². The van der Waals surface area contributed by atoms with Gasteiger partial charge in [-0.25, -0.2) is 5.43 Å². The molecule has 1 unspecified atom stereocenters. The predicted molar refractivity (Wildman–Crippen MR) is 117 cm³/mol. The Morgan fingerprint density at radius 3 is 2.62 bits per heavy atom. The maximum absolute atomic E-state index is 12.6. The molecule has 0 aliphatic carbocycles. The quantitative estimate of drug-likeness (QED) is 0.363. The first-order valence-corrected chi connectivity index (χ1v) is 9.76. The van der Waals surface area contributed by atoms with Crippen molar-refractivity contribution in [2.24, 2.45) is 11.0 Å². The summed E-state index contributed by atoms with van der Waals surface area (Å²) in [5.41, 5.74) is 3.60. The summed E-state index contributed by atoms with van der Waals surface area (Å²) in [5.74, 6) is 2.09. The van der Waals surface area contributed by atoms with Crippen molar-refractivity contribution in [1.82, 2.24) is 10.7 Å². The van der Waals surface area contributed by atoms with Crippen molar-refractivity contribution in [3.05, 3.63) is 64.1 Å². The Morgan fingerprint density at radius 2 is 1.97 bits per heavy atom. The van der Waals surface area contributed by atoms with Crippen molar-refractivity contribution < 1.29 is 14.3 Å². The fourth-order valence-electron chi connectivity index (χ4n) is 2.46. The second kappa shape index (κ2) is 11.0. The summed E-state index contributed by atoms with van der Waals surface area (Å²) in [5, 5.41) is 6.76. The summed E-state index contributed by atoms with van der Waals surface area (Å²) < 4.78 is 6.30. The summed E-state index contributed by atoms with van der Waals surface area (Å²) in [6, 6.07) is 13.3. The molecular weight excluding hydrogens is 434 g/mol. The summed E-state index contributed by atoms with van der Waals surface area (Å²) in [6.07, 6.45) is 6.69. The van der Waals surface area contributed by atoms with E-state index in [4.69, 9.17) is 11.2 Å². The second-order valence-electron chi connectivity index (χ2n) is 6.47. The number of hydrazone groups is 1. The molecule has 0 bridgehead atoms. The van der Waals surface area contributed by atoms with Crippen LogP contribution in [0, 0.1) is 18.3 Å². The third kappa shape index (κ3) is 6.77. The molecule has 2 aromatic carbocycles. The molecule has 29 heavy (non-hydrogen) atoms. The number of terminal acetylenes is 1. The van der Waals surface area contributed by atoms with Crippen molar-refractivity contribution in [3.8, 4) is 18.1 Å². The smallest absolute Gasteiger partial charge is 0.262 e. The van der Waals surface area contributed by atoms with Gasteiger partial charge in [-0.1, -0.05) is 53.9 Å². The van der Waals surface area contributed by atoms with Crippen LogP contribution in [0.5, 0.6) is 5.75 Å². The number of halogens is 1. The molecule has 6 nitrogen and oxygen atoms in total. The fourth-order valence-corrected chi connectivity index (χ4v) is 2.83. The Balaban J connectivity index is 2.06. The van der Waals surface area contributed by atoms with Gasteiger partial charge in [-0.05, 0) is 36.2 Å². The van der Waals surface area contributed by atoms with Crippen LogP contribution in [0.3, 0.4) is 0 Å². The van der Waals surface area contributed by atoms with Gasteiger partial charge in [0.1, 0.15) is 18.4 Å². The van der Waals surface area contributed by atoms with E-state index in [0.29, 0.717) is 16.9 Å². The lowest BCUT2D eigenvalue weighted by atomic mass is 10.0. The normalized spacial score (nSPS) is 11.7. The molecule has 0 saturated heterocycles. The minimum absolute atomic E-state index is 0.121. The predicted octanol–water partition coefficient (Wildman–Crippen LogP) is 3.37. The lowest BCUT2D eigenvalue weighted by Gasteiger charge is -2.20. The molecule has 0 aliphatic rings. The molecule has 0 radical (unpaired) electrons. The Kier molecular flexibility index (Phi) is 8.44. The molecule has 2 amide bonds. The Morgan fingerprint density at radius 1 is 1.24 bits per heavy atom. The zero-order valence-electron chi connectivity index (χ0n) is 16.2. The Hall–Kier alpha value is -3.11. The van der Waals surface area contributed by atoms with Crippen LogP contribution in [0.2, 0.25) is 0 Å². The molecule has 2 N–H and O–H groups in total. The highest BCUT2D eigenvalue weighted by molar-refractivity contribution is 9.10. The first kappa shape index (κ1) is 22.2. The highest BCUT2D eigenvalue weighted by atomic mass is 79.9. The molecule has 0 aromatic heterocycles. The van der Waals surface area contributed by atoms with Gasteiger partial charge in [0.15, 0.2) is 0 Å². The number of benzene rings is 2. The zero-order chi connectivity index (χ0) is 21.2. The van der Waals surface area contributed by atoms with E-state index in [0.717, 1.165) is 4.47 Å². The van der Waals surface area contributed by atoms with Gasteiger partial charge in [0, 0.05) is 15.6 Å². The topological polar surface area (TPSA) is 79.8 Å². The van der Waals surface area contributed by atoms with Gasteiger partial charge in [0.2, 0.25) is 0 Å². The number of rotatable bonds is 8. The number of nitrogens with zero attached hydrogens (tertiary/aromatic N) is 1. The number of hydrogen-bond acceptors (Lipinski definition) is 4. The molecule has 2 aromatic rings. The number of amides is 2. The average Bonchev–Trinajstić information content (AvgIpc) is 2.71. The third-order valence-electron chi connectivity index (χ3n) is 3.93. The van der Waals surface area contributed by atoms with Gasteiger partial charge < -0.3 is 10.1 Å². The molecule has 0 heterocycles. The SMILES string of the molecule is C#CCOc1ccc(Br)cc1C=NNC(=O)C(NC(=O)c1ccccc1)C(C)C. The number of carbonyl (C=O) groups excluding carboxylic acids is 2. The van der Waals surface area contributed by atoms with E-state index in [2.05, 4.69) is 37.7 Å². The van der Waals surface area contributed by atoms with Crippen LogP contribution in [0.15, 0.2) is 58.1 Å². The summed E-state index contributed by atoms with van der Waals surface area (Å²) in [7, 11) is 0. The van der Waals surface area contributed by atoms with Gasteiger partial charge in [0.25, 0.3) is 11.8 Å². The van der Waals surface area contributed by atoms with Crippen molar-refractivity contribution in [3.63, 3.8) is 0 Å². The number of ether oxygens (including phenoxy) is 1. The van der Waals surface area contributed by atoms with Gasteiger partial charge in [-0.15, -0.1) is 6.42 Å². The van der Waals surface area contributed by atoms with Crippen molar-refractivity contribution in [2.45, 2.75) is 19.9 Å². The van der Waals surface area contributed by atoms with E-state index in [-0.39, 0.29) is 18.4 Å². The van der Waals surface area contributed by atoms with E-state index in [1.807, 2.05) is 26.0 Å². The number of carbonyl (C=O) groups is 2. The lowest BCUT2D eigenvalue weighted by Crippen LogP contribution is -2.48. The third-order valence-corrected chi connectivity index (χ3v) is 4.43. The molecule has 7 heteroatoms. The van der Waals surface area contributed by atoms with Gasteiger partial charge in [0.05, 0.1) is 6.21 Å². The van der Waals surface area contributed by atoms with Crippen LogP contribution >= 0.6 is 15.9 Å². The number of hydrogen-bond donors (Lipinski definition) is 2. The van der Waals surface area contributed by atoms with Crippen molar-refractivity contribution in [1.29, 1.82) is 0 Å². The maximum atomic E-state index is 12.6. The van der Waals surface area contributed by atoms with Crippen LogP contribution in [-0.2, 0) is 4.79 Å². The lowest BCUT2D eigenvalue weighted by molar-refractivity contribution is -0.123. The van der Waals surface area contributed by atoms with E-state index in [9.17, 15) is 9.59 Å². The second-order valence-corrected chi connectivity index (χ2v) is 7.39. The highest BCUT2D eigenvalue weighted by Crippen LogP contribution is 2.21. The van der Waals surface area contributed by atoms with Gasteiger partial charge in [-0.2, -0.15) is 5.10 Å². The minimum atomic E-state index is -0.737. The van der Waals surface area contributed by atoms with E-state index >= 15 is 0 Å².